The van der Waals surface area contributed by atoms with Gasteiger partial charge in [-0.3, -0.25) is 9.59 Å². The van der Waals surface area contributed by atoms with Crippen LogP contribution in [0.3, 0.4) is 0 Å². The van der Waals surface area contributed by atoms with Crippen molar-refractivity contribution in [3.05, 3.63) is 67.1 Å². The Hall–Kier alpha value is -2.19. The molecule has 2 aromatic carbocycles. The molecule has 0 aliphatic rings. The quantitative estimate of drug-likeness (QED) is 0.501. The van der Waals surface area contributed by atoms with Gasteiger partial charge in [0.1, 0.15) is 5.82 Å². The lowest BCUT2D eigenvalue weighted by atomic mass is 10.2. The van der Waals surface area contributed by atoms with E-state index < -0.39 is 5.91 Å². The Bertz CT molecular complexity index is 986. The molecule has 0 aliphatic heterocycles. The van der Waals surface area contributed by atoms with Gasteiger partial charge < -0.3 is 16.5 Å². The van der Waals surface area contributed by atoms with E-state index in [1.54, 1.807) is 24.3 Å². The summed E-state index contributed by atoms with van der Waals surface area (Å²) in [5.74, 6) is 0.216. The summed E-state index contributed by atoms with van der Waals surface area (Å²) in [5, 5.41) is 0.622. The van der Waals surface area contributed by atoms with Crippen molar-refractivity contribution in [3.8, 4) is 0 Å². The number of fused-ring (bicyclic) bond motifs is 1. The van der Waals surface area contributed by atoms with Crippen LogP contribution in [0.15, 0.2) is 50.1 Å². The molecule has 0 saturated carbocycles. The second-order valence-electron chi connectivity index (χ2n) is 5.12. The van der Waals surface area contributed by atoms with Gasteiger partial charge in [-0.15, -0.1) is 0 Å². The smallest absolute Gasteiger partial charge is 0.258 e. The summed E-state index contributed by atoms with van der Waals surface area (Å²) in [6.45, 7) is 1.96. The van der Waals surface area contributed by atoms with Crippen LogP contribution in [-0.2, 0) is 6.42 Å². The van der Waals surface area contributed by atoms with Crippen molar-refractivity contribution in [3.63, 3.8) is 0 Å². The third-order valence-corrected chi connectivity index (χ3v) is 4.32. The number of aryl methyl sites for hydroxylation is 1. The summed E-state index contributed by atoms with van der Waals surface area (Å²) in [6, 6.07) is 10.5. The Morgan fingerprint density at radius 3 is 2.40 bits per heavy atom. The lowest BCUT2D eigenvalue weighted by Gasteiger charge is -2.00. The van der Waals surface area contributed by atoms with Crippen molar-refractivity contribution in [2.75, 3.05) is 5.73 Å². The maximum absolute atomic E-state index is 11.6. The van der Waals surface area contributed by atoms with E-state index in [1.807, 2.05) is 19.1 Å². The Balaban J connectivity index is 0.000000186. The van der Waals surface area contributed by atoms with Crippen LogP contribution in [-0.4, -0.2) is 15.9 Å². The van der Waals surface area contributed by atoms with Crippen molar-refractivity contribution in [1.29, 1.82) is 0 Å². The maximum atomic E-state index is 11.6. The zero-order valence-electron chi connectivity index (χ0n) is 13.3. The van der Waals surface area contributed by atoms with Crippen LogP contribution in [0.2, 0.25) is 0 Å². The van der Waals surface area contributed by atoms with E-state index in [1.165, 1.54) is 0 Å². The fraction of sp³-hybridized carbons (Fsp3) is 0.118. The van der Waals surface area contributed by atoms with Crippen LogP contribution in [0.1, 0.15) is 23.1 Å². The topological polar surface area (TPSA) is 115 Å². The number of carbonyl (C=O) groups excluding carboxylic acids is 1. The largest absolute Gasteiger partial charge is 0.398 e. The van der Waals surface area contributed by atoms with E-state index in [4.69, 9.17) is 11.5 Å². The first-order valence-corrected chi connectivity index (χ1v) is 8.93. The van der Waals surface area contributed by atoms with Crippen LogP contribution < -0.4 is 17.0 Å². The van der Waals surface area contributed by atoms with Crippen molar-refractivity contribution in [1.82, 2.24) is 9.97 Å². The van der Waals surface area contributed by atoms with Crippen LogP contribution in [0, 0.1) is 0 Å². The summed E-state index contributed by atoms with van der Waals surface area (Å²) in [6.07, 6.45) is 0.737. The molecule has 0 fully saturated rings. The molecule has 3 rings (SSSR count). The highest BCUT2D eigenvalue weighted by atomic mass is 79.9. The molecule has 0 spiro atoms. The number of nitrogens with two attached hydrogens (primary N) is 2. The molecule has 1 amide bonds. The number of aromatic amines is 1. The van der Waals surface area contributed by atoms with Crippen molar-refractivity contribution in [2.45, 2.75) is 13.3 Å². The summed E-state index contributed by atoms with van der Waals surface area (Å²) < 4.78 is 1.68. The molecule has 0 unspecified atom stereocenters. The number of benzene rings is 2. The van der Waals surface area contributed by atoms with Crippen molar-refractivity contribution < 1.29 is 4.79 Å². The average Bonchev–Trinajstić information content (AvgIpc) is 2.58. The first-order valence-electron chi connectivity index (χ1n) is 7.35. The van der Waals surface area contributed by atoms with E-state index >= 15 is 0 Å². The van der Waals surface area contributed by atoms with Gasteiger partial charge in [0.05, 0.1) is 16.5 Å². The first kappa shape index (κ1) is 19.1. The van der Waals surface area contributed by atoms with Crippen LogP contribution in [0.5, 0.6) is 0 Å². The Morgan fingerprint density at radius 1 is 1.16 bits per heavy atom. The number of aromatic nitrogens is 2. The summed E-state index contributed by atoms with van der Waals surface area (Å²) in [5.41, 5.74) is 11.9. The number of hydrogen-bond acceptors (Lipinski definition) is 4. The number of rotatable bonds is 2. The molecule has 130 valence electrons. The number of anilines is 1. The fourth-order valence-corrected chi connectivity index (χ4v) is 2.79. The molecule has 0 bridgehead atoms. The predicted molar refractivity (Wildman–Crippen MR) is 107 cm³/mol. The number of nitrogen functional groups attached to an aromatic ring is 1. The van der Waals surface area contributed by atoms with Crippen molar-refractivity contribution in [2.24, 2.45) is 5.73 Å². The van der Waals surface area contributed by atoms with E-state index in [2.05, 4.69) is 41.8 Å². The molecule has 0 atom stereocenters. The summed E-state index contributed by atoms with van der Waals surface area (Å²) in [7, 11) is 0. The number of hydrogen-bond donors (Lipinski definition) is 3. The molecule has 8 heteroatoms. The number of primary amides is 1. The molecule has 1 aromatic heterocycles. The van der Waals surface area contributed by atoms with Gasteiger partial charge in [0.15, 0.2) is 0 Å². The van der Waals surface area contributed by atoms with E-state index in [9.17, 15) is 9.59 Å². The third-order valence-electron chi connectivity index (χ3n) is 3.33. The number of H-pyrrole nitrogens is 1. The SMILES string of the molecule is CCc1nc2ccc(Br)cc2c(=O)[nH]1.NC(=O)c1cc(Br)ccc1N. The van der Waals surface area contributed by atoms with Gasteiger partial charge in [0.2, 0.25) is 0 Å². The minimum absolute atomic E-state index is 0.0758. The molecular formula is C17H16Br2N4O2. The number of halogens is 2. The highest BCUT2D eigenvalue weighted by molar-refractivity contribution is 9.10. The minimum atomic E-state index is -0.510. The third kappa shape index (κ3) is 4.90. The Labute approximate surface area is 160 Å². The highest BCUT2D eigenvalue weighted by Crippen LogP contribution is 2.17. The normalized spacial score (nSPS) is 10.2. The molecule has 0 radical (unpaired) electrons. The molecule has 3 aromatic rings. The number of nitrogens with one attached hydrogen (secondary N) is 1. The summed E-state index contributed by atoms with van der Waals surface area (Å²) in [4.78, 5) is 29.3. The Morgan fingerprint density at radius 2 is 1.80 bits per heavy atom. The standard InChI is InChI=1S/C10H9BrN2O.C7H7BrN2O/c1-2-9-12-8-4-3-6(11)5-7(8)10(14)13-9;8-4-1-2-6(9)5(3-4)7(10)11/h3-5H,2H2,1H3,(H,12,13,14);1-3H,9H2,(H2,10,11). The molecule has 0 aliphatic carbocycles. The van der Waals surface area contributed by atoms with Gasteiger partial charge in [0.25, 0.3) is 11.5 Å². The van der Waals surface area contributed by atoms with Crippen LogP contribution in [0.25, 0.3) is 10.9 Å². The van der Waals surface area contributed by atoms with Gasteiger partial charge in [-0.2, -0.15) is 0 Å². The van der Waals surface area contributed by atoms with Gasteiger partial charge >= 0.3 is 0 Å². The Kier molecular flexibility index (Phi) is 6.33. The van der Waals surface area contributed by atoms with Gasteiger partial charge in [-0.1, -0.05) is 38.8 Å². The van der Waals surface area contributed by atoms with E-state index in [0.29, 0.717) is 16.6 Å². The number of nitrogens with zero attached hydrogens (tertiary/aromatic N) is 1. The minimum Gasteiger partial charge on any atom is -0.398 e. The first-order chi connectivity index (χ1) is 11.8. The maximum Gasteiger partial charge on any atom is 0.258 e. The fourth-order valence-electron chi connectivity index (χ4n) is 2.07. The van der Waals surface area contributed by atoms with Gasteiger partial charge in [0, 0.05) is 21.1 Å². The molecule has 6 nitrogen and oxygen atoms in total. The van der Waals surface area contributed by atoms with E-state index in [-0.39, 0.29) is 5.56 Å². The van der Waals surface area contributed by atoms with Gasteiger partial charge in [-0.05, 0) is 36.4 Å². The predicted octanol–water partition coefficient (Wildman–Crippen LogP) is 3.38. The molecule has 0 saturated heterocycles. The second-order valence-corrected chi connectivity index (χ2v) is 6.95. The number of carbonyl (C=O) groups is 1. The average molecular weight is 468 g/mol. The van der Waals surface area contributed by atoms with Crippen LogP contribution >= 0.6 is 31.9 Å². The number of amides is 1. The van der Waals surface area contributed by atoms with Gasteiger partial charge in [-0.25, -0.2) is 4.98 Å². The second kappa shape index (κ2) is 8.26. The monoisotopic (exact) mass is 466 g/mol. The summed E-state index contributed by atoms with van der Waals surface area (Å²) >= 11 is 6.52. The molecule has 1 heterocycles. The zero-order chi connectivity index (χ0) is 18.6. The van der Waals surface area contributed by atoms with E-state index in [0.717, 1.165) is 26.7 Å². The lowest BCUT2D eigenvalue weighted by Crippen LogP contribution is -2.13. The molecular weight excluding hydrogens is 452 g/mol. The lowest BCUT2D eigenvalue weighted by molar-refractivity contribution is 0.100. The van der Waals surface area contributed by atoms with Crippen LogP contribution in [0.4, 0.5) is 5.69 Å². The van der Waals surface area contributed by atoms with Crippen molar-refractivity contribution >= 4 is 54.4 Å². The zero-order valence-corrected chi connectivity index (χ0v) is 16.5. The molecule has 5 N–H and O–H groups in total. The highest BCUT2D eigenvalue weighted by Gasteiger charge is 2.04. The molecule has 25 heavy (non-hydrogen) atoms.